The second-order valence-electron chi connectivity index (χ2n) is 8.99. The lowest BCUT2D eigenvalue weighted by molar-refractivity contribution is -0.134. The summed E-state index contributed by atoms with van der Waals surface area (Å²) in [7, 11) is 1.84. The molecule has 1 aliphatic heterocycles. The predicted molar refractivity (Wildman–Crippen MR) is 141 cm³/mol. The van der Waals surface area contributed by atoms with Gasteiger partial charge in [-0.05, 0) is 13.0 Å². The summed E-state index contributed by atoms with van der Waals surface area (Å²) in [6.07, 6.45) is 3.41. The second-order valence-corrected chi connectivity index (χ2v) is 9.99. The summed E-state index contributed by atoms with van der Waals surface area (Å²) in [5.74, 6) is 1.59. The summed E-state index contributed by atoms with van der Waals surface area (Å²) in [4.78, 5) is 26.2. The van der Waals surface area contributed by atoms with Gasteiger partial charge in [-0.2, -0.15) is 10.2 Å². The number of nitrogens with zero attached hydrogens (tertiary/aromatic N) is 7. The highest BCUT2D eigenvalue weighted by Gasteiger charge is 2.23. The summed E-state index contributed by atoms with van der Waals surface area (Å²) in [5, 5.41) is 12.6. The Morgan fingerprint density at radius 3 is 2.81 bits per heavy atom. The molecule has 0 saturated carbocycles. The summed E-state index contributed by atoms with van der Waals surface area (Å²) in [6, 6.07) is 14.0. The molecule has 1 amide bonds. The lowest BCUT2D eigenvalue weighted by Gasteiger charge is -2.31. The van der Waals surface area contributed by atoms with E-state index in [2.05, 4.69) is 20.1 Å². The fourth-order valence-corrected chi connectivity index (χ4v) is 5.62. The largest absolute Gasteiger partial charge is 0.492 e. The highest BCUT2D eigenvalue weighted by atomic mass is 32.1. The third-order valence-corrected chi connectivity index (χ3v) is 7.59. The Hall–Kier alpha value is -4.09. The quantitative estimate of drug-likeness (QED) is 0.355. The number of amides is 1. The molecular weight excluding hydrogens is 488 g/mol. The SMILES string of the molecule is Cc1nn2ccc(OCCN3CCN(C)C(=O)C3)cc2c1-c1nc(-c2ccccc2)c(-c2ncn[nH]2)s1. The Kier molecular flexibility index (Phi) is 6.15. The van der Waals surface area contributed by atoms with Crippen LogP contribution in [0.3, 0.4) is 0 Å². The van der Waals surface area contributed by atoms with Crippen molar-refractivity contribution in [2.45, 2.75) is 6.92 Å². The fourth-order valence-electron chi connectivity index (χ4n) is 4.48. The number of aromatic amines is 1. The van der Waals surface area contributed by atoms with Crippen LogP contribution in [0.15, 0.2) is 55.0 Å². The third kappa shape index (κ3) is 4.58. The van der Waals surface area contributed by atoms with Crippen molar-refractivity contribution in [2.75, 3.05) is 39.8 Å². The Morgan fingerprint density at radius 1 is 1.16 bits per heavy atom. The summed E-state index contributed by atoms with van der Waals surface area (Å²) < 4.78 is 7.94. The van der Waals surface area contributed by atoms with Gasteiger partial charge in [0, 0.05) is 44.5 Å². The van der Waals surface area contributed by atoms with Gasteiger partial charge in [0.2, 0.25) is 5.91 Å². The standard InChI is InChI=1S/C26H26N8O2S/c1-17-22(26-29-23(18-6-4-3-5-7-18)24(37-26)25-27-16-28-30-25)20-14-19(8-9-34(20)31-17)36-13-12-33-11-10-32(2)21(35)15-33/h3-9,14,16H,10-13,15H2,1-2H3,(H,27,28,30). The van der Waals surface area contributed by atoms with Crippen molar-refractivity contribution in [3.8, 4) is 38.3 Å². The van der Waals surface area contributed by atoms with Crippen LogP contribution < -0.4 is 4.74 Å². The summed E-state index contributed by atoms with van der Waals surface area (Å²) in [5.41, 5.74) is 4.62. The third-order valence-electron chi connectivity index (χ3n) is 6.51. The number of thiazole rings is 1. The van der Waals surface area contributed by atoms with Gasteiger partial charge in [0.1, 0.15) is 23.7 Å². The molecule has 0 bridgehead atoms. The second kappa shape index (κ2) is 9.75. The number of piperazine rings is 1. The van der Waals surface area contributed by atoms with Gasteiger partial charge in [0.25, 0.3) is 0 Å². The Morgan fingerprint density at radius 2 is 2.03 bits per heavy atom. The molecule has 11 heteroatoms. The maximum Gasteiger partial charge on any atom is 0.236 e. The van der Waals surface area contributed by atoms with Crippen LogP contribution in [0.5, 0.6) is 5.75 Å². The predicted octanol–water partition coefficient (Wildman–Crippen LogP) is 3.37. The zero-order chi connectivity index (χ0) is 25.4. The van der Waals surface area contributed by atoms with E-state index in [1.807, 2.05) is 67.1 Å². The van der Waals surface area contributed by atoms with Crippen LogP contribution in [0, 0.1) is 6.92 Å². The van der Waals surface area contributed by atoms with E-state index in [1.54, 1.807) is 16.2 Å². The first-order valence-corrected chi connectivity index (χ1v) is 12.9. The number of likely N-dealkylation sites (N-methyl/N-ethyl adjacent to an activating group) is 1. The highest BCUT2D eigenvalue weighted by Crippen LogP contribution is 2.41. The molecule has 0 aliphatic carbocycles. The first kappa shape index (κ1) is 23.3. The average molecular weight is 515 g/mol. The number of pyridine rings is 1. The summed E-state index contributed by atoms with van der Waals surface area (Å²) in [6.45, 7) is 5.23. The van der Waals surface area contributed by atoms with Crippen LogP contribution >= 0.6 is 11.3 Å². The molecular formula is C26H26N8O2S. The lowest BCUT2D eigenvalue weighted by Crippen LogP contribution is -2.49. The number of aryl methyl sites for hydroxylation is 1. The van der Waals surface area contributed by atoms with Gasteiger partial charge < -0.3 is 9.64 Å². The topological polar surface area (TPSA) is 105 Å². The van der Waals surface area contributed by atoms with Crippen molar-refractivity contribution in [3.05, 3.63) is 60.7 Å². The smallest absolute Gasteiger partial charge is 0.236 e. The minimum absolute atomic E-state index is 0.148. The molecule has 1 N–H and O–H groups in total. The highest BCUT2D eigenvalue weighted by molar-refractivity contribution is 7.19. The van der Waals surface area contributed by atoms with Gasteiger partial charge in [0.15, 0.2) is 5.82 Å². The minimum Gasteiger partial charge on any atom is -0.492 e. The number of fused-ring (bicyclic) bond motifs is 1. The fraction of sp³-hybridized carbons (Fsp3) is 0.269. The molecule has 37 heavy (non-hydrogen) atoms. The van der Waals surface area contributed by atoms with E-state index in [1.165, 1.54) is 6.33 Å². The van der Waals surface area contributed by atoms with Crippen LogP contribution in [0.2, 0.25) is 0 Å². The number of hydrogen-bond donors (Lipinski definition) is 1. The van der Waals surface area contributed by atoms with Crippen molar-refractivity contribution in [3.63, 3.8) is 0 Å². The zero-order valence-corrected chi connectivity index (χ0v) is 21.4. The monoisotopic (exact) mass is 514 g/mol. The number of carbonyl (C=O) groups is 1. The number of hydrogen-bond acceptors (Lipinski definition) is 8. The molecule has 188 valence electrons. The number of H-pyrrole nitrogens is 1. The van der Waals surface area contributed by atoms with Crippen molar-refractivity contribution in [1.29, 1.82) is 0 Å². The van der Waals surface area contributed by atoms with E-state index in [4.69, 9.17) is 14.8 Å². The summed E-state index contributed by atoms with van der Waals surface area (Å²) >= 11 is 1.56. The number of nitrogens with one attached hydrogen (secondary N) is 1. The molecule has 6 rings (SSSR count). The molecule has 5 heterocycles. The van der Waals surface area contributed by atoms with Crippen LogP contribution in [-0.4, -0.2) is 85.3 Å². The molecule has 1 fully saturated rings. The number of benzene rings is 1. The number of rotatable bonds is 7. The van der Waals surface area contributed by atoms with E-state index in [-0.39, 0.29) is 5.91 Å². The molecule has 0 radical (unpaired) electrons. The zero-order valence-electron chi connectivity index (χ0n) is 20.6. The van der Waals surface area contributed by atoms with Crippen molar-refractivity contribution in [2.24, 2.45) is 0 Å². The molecule has 0 atom stereocenters. The first-order valence-electron chi connectivity index (χ1n) is 12.1. The molecule has 5 aromatic rings. The molecule has 1 aromatic carbocycles. The molecule has 4 aromatic heterocycles. The van der Waals surface area contributed by atoms with Crippen molar-refractivity contribution < 1.29 is 9.53 Å². The van der Waals surface area contributed by atoms with E-state index in [0.717, 1.165) is 56.8 Å². The van der Waals surface area contributed by atoms with Crippen molar-refractivity contribution in [1.82, 2.24) is 39.6 Å². The van der Waals surface area contributed by atoms with E-state index < -0.39 is 0 Å². The molecule has 0 unspecified atom stereocenters. The number of aromatic nitrogens is 6. The molecule has 1 saturated heterocycles. The van der Waals surface area contributed by atoms with Crippen LogP contribution in [0.1, 0.15) is 5.69 Å². The Balaban J connectivity index is 1.30. The first-order chi connectivity index (χ1) is 18.1. The van der Waals surface area contributed by atoms with Gasteiger partial charge >= 0.3 is 0 Å². The van der Waals surface area contributed by atoms with Crippen LogP contribution in [0.25, 0.3) is 38.0 Å². The van der Waals surface area contributed by atoms with Gasteiger partial charge in [-0.3, -0.25) is 14.8 Å². The maximum atomic E-state index is 12.0. The Bertz CT molecular complexity index is 1540. The van der Waals surface area contributed by atoms with Crippen LogP contribution in [-0.2, 0) is 4.79 Å². The van der Waals surface area contributed by atoms with Crippen molar-refractivity contribution >= 4 is 22.8 Å². The van der Waals surface area contributed by atoms with Gasteiger partial charge in [-0.1, -0.05) is 30.3 Å². The number of ether oxygens (including phenoxy) is 1. The van der Waals surface area contributed by atoms with E-state index in [9.17, 15) is 4.79 Å². The van der Waals surface area contributed by atoms with E-state index in [0.29, 0.717) is 25.5 Å². The lowest BCUT2D eigenvalue weighted by atomic mass is 10.1. The van der Waals surface area contributed by atoms with E-state index >= 15 is 0 Å². The number of carbonyl (C=O) groups excluding carboxylic acids is 1. The average Bonchev–Trinajstić information content (AvgIpc) is 3.65. The van der Waals surface area contributed by atoms with Gasteiger partial charge in [-0.25, -0.2) is 14.5 Å². The normalized spacial score (nSPS) is 14.5. The van der Waals surface area contributed by atoms with Crippen LogP contribution in [0.4, 0.5) is 0 Å². The van der Waals surface area contributed by atoms with Gasteiger partial charge in [0.05, 0.1) is 33.9 Å². The minimum atomic E-state index is 0.148. The molecule has 0 spiro atoms. The maximum absolute atomic E-state index is 12.0. The van der Waals surface area contributed by atoms with Gasteiger partial charge in [-0.15, -0.1) is 11.3 Å². The molecule has 1 aliphatic rings. The Labute approximate surface area is 217 Å². The molecule has 10 nitrogen and oxygen atoms in total.